The smallest absolute Gasteiger partial charge is 0.337 e. The molecule has 7 heteroatoms. The van der Waals surface area contributed by atoms with Crippen LogP contribution in [0.15, 0.2) is 53.4 Å². The van der Waals surface area contributed by atoms with E-state index in [1.807, 2.05) is 12.1 Å². The highest BCUT2D eigenvalue weighted by molar-refractivity contribution is 7.89. The van der Waals surface area contributed by atoms with Crippen LogP contribution in [0.5, 0.6) is 0 Å². The lowest BCUT2D eigenvalue weighted by molar-refractivity contribution is 0.0600. The maximum atomic E-state index is 12.8. The first-order valence-electron chi connectivity index (χ1n) is 7.85. The molecule has 0 radical (unpaired) electrons. The highest BCUT2D eigenvalue weighted by atomic mass is 35.5. The van der Waals surface area contributed by atoms with Crippen LogP contribution in [0.1, 0.15) is 35.2 Å². The van der Waals surface area contributed by atoms with Gasteiger partial charge in [-0.1, -0.05) is 23.7 Å². The molecule has 0 unspecified atom stereocenters. The summed E-state index contributed by atoms with van der Waals surface area (Å²) < 4.78 is 33.0. The lowest BCUT2D eigenvalue weighted by atomic mass is 9.73. The number of methoxy groups -OCH3 is 1. The van der Waals surface area contributed by atoms with E-state index in [4.69, 9.17) is 11.6 Å². The largest absolute Gasteiger partial charge is 0.465 e. The molecule has 1 aliphatic rings. The van der Waals surface area contributed by atoms with Crippen molar-refractivity contribution in [1.29, 1.82) is 0 Å². The van der Waals surface area contributed by atoms with E-state index in [9.17, 15) is 13.2 Å². The van der Waals surface area contributed by atoms with Crippen molar-refractivity contribution in [1.82, 2.24) is 4.72 Å². The molecule has 0 saturated heterocycles. The number of ether oxygens (including phenoxy) is 1. The van der Waals surface area contributed by atoms with Gasteiger partial charge in [0.1, 0.15) is 0 Å². The molecule has 0 amide bonds. The molecule has 0 aromatic heterocycles. The van der Waals surface area contributed by atoms with Gasteiger partial charge < -0.3 is 4.74 Å². The normalized spacial score (nSPS) is 16.1. The summed E-state index contributed by atoms with van der Waals surface area (Å²) in [6.07, 6.45) is 2.41. The number of nitrogens with one attached hydrogen (secondary N) is 1. The Kier molecular flexibility index (Phi) is 4.86. The first-order valence-corrected chi connectivity index (χ1v) is 9.71. The van der Waals surface area contributed by atoms with Gasteiger partial charge in [0.15, 0.2) is 0 Å². The first kappa shape index (κ1) is 17.9. The van der Waals surface area contributed by atoms with E-state index < -0.39 is 21.5 Å². The zero-order valence-electron chi connectivity index (χ0n) is 13.7. The van der Waals surface area contributed by atoms with E-state index in [-0.39, 0.29) is 4.90 Å². The van der Waals surface area contributed by atoms with Crippen LogP contribution in [0.3, 0.4) is 0 Å². The molecule has 0 atom stereocenters. The number of esters is 1. The predicted octanol–water partition coefficient (Wildman–Crippen LogP) is 3.48. The van der Waals surface area contributed by atoms with Crippen LogP contribution in [0, 0.1) is 0 Å². The van der Waals surface area contributed by atoms with Gasteiger partial charge in [0, 0.05) is 5.02 Å². The Morgan fingerprint density at radius 1 is 1.08 bits per heavy atom. The predicted molar refractivity (Wildman–Crippen MR) is 95.1 cm³/mol. The molecule has 2 aromatic carbocycles. The highest BCUT2D eigenvalue weighted by Crippen LogP contribution is 2.42. The summed E-state index contributed by atoms with van der Waals surface area (Å²) >= 11 is 5.93. The molecular weight excluding hydrogens is 362 g/mol. The average Bonchev–Trinajstić information content (AvgIpc) is 2.58. The van der Waals surface area contributed by atoms with Crippen LogP contribution < -0.4 is 4.72 Å². The second kappa shape index (κ2) is 6.78. The van der Waals surface area contributed by atoms with Crippen LogP contribution in [-0.4, -0.2) is 21.5 Å². The third kappa shape index (κ3) is 3.56. The summed E-state index contributed by atoms with van der Waals surface area (Å²) in [4.78, 5) is 11.6. The molecule has 1 saturated carbocycles. The summed E-state index contributed by atoms with van der Waals surface area (Å²) in [6.45, 7) is 0. The van der Waals surface area contributed by atoms with Crippen LogP contribution in [-0.2, 0) is 20.3 Å². The molecule has 0 aliphatic heterocycles. The lowest BCUT2D eigenvalue weighted by Crippen LogP contribution is -2.50. The van der Waals surface area contributed by atoms with Crippen LogP contribution >= 0.6 is 11.6 Å². The number of carbonyl (C=O) groups is 1. The van der Waals surface area contributed by atoms with Crippen LogP contribution in [0.4, 0.5) is 0 Å². The van der Waals surface area contributed by atoms with Crippen molar-refractivity contribution in [3.63, 3.8) is 0 Å². The van der Waals surface area contributed by atoms with Crippen molar-refractivity contribution in [2.24, 2.45) is 0 Å². The monoisotopic (exact) mass is 379 g/mol. The summed E-state index contributed by atoms with van der Waals surface area (Å²) in [5.74, 6) is -0.506. The molecule has 1 N–H and O–H groups in total. The molecule has 1 fully saturated rings. The quantitative estimate of drug-likeness (QED) is 0.807. The van der Waals surface area contributed by atoms with Gasteiger partial charge in [-0.15, -0.1) is 0 Å². The van der Waals surface area contributed by atoms with E-state index in [1.165, 1.54) is 31.4 Å². The number of hydrogen-bond donors (Lipinski definition) is 1. The average molecular weight is 380 g/mol. The number of rotatable bonds is 5. The fraction of sp³-hybridized carbons (Fsp3) is 0.278. The fourth-order valence-corrected chi connectivity index (χ4v) is 4.53. The van der Waals surface area contributed by atoms with E-state index >= 15 is 0 Å². The molecular formula is C18H18ClNO4S. The Bertz CT molecular complexity index is 872. The molecule has 2 aromatic rings. The summed E-state index contributed by atoms with van der Waals surface area (Å²) in [6, 6.07) is 12.9. The zero-order chi connectivity index (χ0) is 18.1. The fourth-order valence-electron chi connectivity index (χ4n) is 2.95. The standard InChI is InChI=1S/C18H18ClNO4S/c1-24-17(21)13-3-9-16(10-4-13)25(22,23)20-18(11-2-12-18)14-5-7-15(19)8-6-14/h3-10,20H,2,11-12H2,1H3. The van der Waals surface area contributed by atoms with Crippen molar-refractivity contribution in [2.75, 3.05) is 7.11 Å². The Labute approximate surface area is 152 Å². The van der Waals surface area contributed by atoms with Gasteiger partial charge in [0.25, 0.3) is 0 Å². The lowest BCUT2D eigenvalue weighted by Gasteiger charge is -2.42. The van der Waals surface area contributed by atoms with Crippen molar-refractivity contribution in [3.8, 4) is 0 Å². The molecule has 1 aliphatic carbocycles. The minimum absolute atomic E-state index is 0.111. The Hall–Kier alpha value is -1.89. The van der Waals surface area contributed by atoms with Crippen molar-refractivity contribution >= 4 is 27.6 Å². The maximum Gasteiger partial charge on any atom is 0.337 e. The van der Waals surface area contributed by atoms with E-state index in [1.54, 1.807) is 12.1 Å². The van der Waals surface area contributed by atoms with Crippen molar-refractivity contribution in [3.05, 3.63) is 64.7 Å². The van der Waals surface area contributed by atoms with Gasteiger partial charge in [-0.3, -0.25) is 0 Å². The van der Waals surface area contributed by atoms with Crippen LogP contribution in [0.25, 0.3) is 0 Å². The van der Waals surface area contributed by atoms with Gasteiger partial charge in [0.2, 0.25) is 10.0 Å². The molecule has 132 valence electrons. The van der Waals surface area contributed by atoms with Crippen molar-refractivity contribution in [2.45, 2.75) is 29.7 Å². The molecule has 0 bridgehead atoms. The van der Waals surface area contributed by atoms with Crippen molar-refractivity contribution < 1.29 is 17.9 Å². The number of hydrogen-bond acceptors (Lipinski definition) is 4. The van der Waals surface area contributed by atoms with E-state index in [0.717, 1.165) is 24.8 Å². The third-order valence-electron chi connectivity index (χ3n) is 4.52. The minimum Gasteiger partial charge on any atom is -0.465 e. The Balaban J connectivity index is 1.87. The first-order chi connectivity index (χ1) is 11.9. The molecule has 5 nitrogen and oxygen atoms in total. The van der Waals surface area contributed by atoms with E-state index in [2.05, 4.69) is 9.46 Å². The topological polar surface area (TPSA) is 72.5 Å². The summed E-state index contributed by atoms with van der Waals surface area (Å²) in [7, 11) is -2.44. The molecule has 0 heterocycles. The van der Waals surface area contributed by atoms with Gasteiger partial charge >= 0.3 is 5.97 Å². The third-order valence-corrected chi connectivity index (χ3v) is 6.32. The zero-order valence-corrected chi connectivity index (χ0v) is 15.2. The number of benzene rings is 2. The van der Waals surface area contributed by atoms with Gasteiger partial charge in [0.05, 0.1) is 23.1 Å². The number of carbonyl (C=O) groups excluding carboxylic acids is 1. The second-order valence-electron chi connectivity index (χ2n) is 6.06. The van der Waals surface area contributed by atoms with Gasteiger partial charge in [-0.2, -0.15) is 0 Å². The maximum absolute atomic E-state index is 12.8. The van der Waals surface area contributed by atoms with E-state index in [0.29, 0.717) is 10.6 Å². The SMILES string of the molecule is COC(=O)c1ccc(S(=O)(=O)NC2(c3ccc(Cl)cc3)CCC2)cc1. The molecule has 0 spiro atoms. The number of halogens is 1. The second-order valence-corrected chi connectivity index (χ2v) is 8.18. The minimum atomic E-state index is -3.72. The van der Waals surface area contributed by atoms with Crippen LogP contribution in [0.2, 0.25) is 5.02 Å². The van der Waals surface area contributed by atoms with Gasteiger partial charge in [-0.25, -0.2) is 17.9 Å². The summed E-state index contributed by atoms with van der Waals surface area (Å²) in [5, 5.41) is 0.611. The highest BCUT2D eigenvalue weighted by Gasteiger charge is 2.42. The molecule has 3 rings (SSSR count). The molecule has 25 heavy (non-hydrogen) atoms. The Morgan fingerprint density at radius 3 is 2.16 bits per heavy atom. The van der Waals surface area contributed by atoms with Gasteiger partial charge in [-0.05, 0) is 61.2 Å². The number of sulfonamides is 1. The Morgan fingerprint density at radius 2 is 1.68 bits per heavy atom. The summed E-state index contributed by atoms with van der Waals surface area (Å²) in [5.41, 5.74) is 0.597.